The largest absolute Gasteiger partial charge is 0.314 e. The maximum Gasteiger partial charge on any atom is 0.231 e. The molecular formula is C15H20N4S2. The van der Waals surface area contributed by atoms with Crippen LogP contribution in [0.5, 0.6) is 0 Å². The quantitative estimate of drug-likeness (QED) is 0.860. The van der Waals surface area contributed by atoms with Crippen molar-refractivity contribution >= 4 is 35.2 Å². The Morgan fingerprint density at radius 2 is 2.00 bits per heavy atom. The summed E-state index contributed by atoms with van der Waals surface area (Å²) in [5, 5.41) is 8.85. The molecule has 1 aliphatic rings. The highest BCUT2D eigenvalue weighted by Crippen LogP contribution is 2.43. The van der Waals surface area contributed by atoms with E-state index in [2.05, 4.69) is 57.9 Å². The van der Waals surface area contributed by atoms with Crippen LogP contribution in [0.4, 0.5) is 11.6 Å². The molecule has 0 spiro atoms. The second-order valence-electron chi connectivity index (χ2n) is 5.24. The van der Waals surface area contributed by atoms with Gasteiger partial charge < -0.3 is 4.90 Å². The number of nitrogens with zero attached hydrogens (tertiary/aromatic N) is 4. The van der Waals surface area contributed by atoms with Crippen molar-refractivity contribution in [1.29, 1.82) is 0 Å². The molecule has 0 unspecified atom stereocenters. The van der Waals surface area contributed by atoms with E-state index in [0.29, 0.717) is 4.58 Å². The lowest BCUT2D eigenvalue weighted by Crippen LogP contribution is -2.15. The zero-order valence-corrected chi connectivity index (χ0v) is 14.2. The van der Waals surface area contributed by atoms with Crippen LogP contribution in [0.3, 0.4) is 0 Å². The normalized spacial score (nSPS) is 16.1. The monoisotopic (exact) mass is 320 g/mol. The van der Waals surface area contributed by atoms with Gasteiger partial charge in [0, 0.05) is 19.8 Å². The minimum Gasteiger partial charge on any atom is -0.314 e. The smallest absolute Gasteiger partial charge is 0.231 e. The first-order valence-electron chi connectivity index (χ1n) is 7.09. The average Bonchev–Trinajstić information content (AvgIpc) is 2.89. The lowest BCUT2D eigenvalue weighted by atomic mass is 10.2. The van der Waals surface area contributed by atoms with Crippen LogP contribution in [-0.2, 0) is 7.05 Å². The molecular weight excluding hydrogens is 300 g/mol. The predicted molar refractivity (Wildman–Crippen MR) is 92.5 cm³/mol. The first-order valence-corrected chi connectivity index (χ1v) is 9.19. The summed E-state index contributed by atoms with van der Waals surface area (Å²) in [6.07, 6.45) is 1.29. The summed E-state index contributed by atoms with van der Waals surface area (Å²) in [6.45, 7) is 2.11. The zero-order chi connectivity index (χ0) is 14.8. The van der Waals surface area contributed by atoms with Gasteiger partial charge in [-0.2, -0.15) is 0 Å². The summed E-state index contributed by atoms with van der Waals surface area (Å²) in [5.41, 5.74) is 2.39. The summed E-state index contributed by atoms with van der Waals surface area (Å²) in [7, 11) is 4.11. The number of hydrogen-bond donors (Lipinski definition) is 0. The molecule has 1 aromatic carbocycles. The molecule has 3 rings (SSSR count). The van der Waals surface area contributed by atoms with Crippen LogP contribution in [-0.4, -0.2) is 33.3 Å². The van der Waals surface area contributed by atoms with Crippen LogP contribution in [0.2, 0.25) is 0 Å². The minimum atomic E-state index is 0.413. The molecule has 2 heterocycles. The Bertz CT molecular complexity index is 620. The fourth-order valence-corrected chi connectivity index (χ4v) is 5.32. The molecule has 1 aromatic heterocycles. The summed E-state index contributed by atoms with van der Waals surface area (Å²) >= 11 is 3.95. The van der Waals surface area contributed by atoms with Crippen molar-refractivity contribution in [1.82, 2.24) is 14.8 Å². The number of anilines is 2. The molecule has 1 saturated heterocycles. The Morgan fingerprint density at radius 3 is 2.71 bits per heavy atom. The second-order valence-corrected chi connectivity index (χ2v) is 7.97. The lowest BCUT2D eigenvalue weighted by Gasteiger charge is -2.22. The van der Waals surface area contributed by atoms with E-state index in [1.807, 2.05) is 30.6 Å². The molecule has 0 radical (unpaired) electrons. The van der Waals surface area contributed by atoms with Crippen LogP contribution in [0.15, 0.2) is 24.3 Å². The fraction of sp³-hybridized carbons (Fsp3) is 0.467. The van der Waals surface area contributed by atoms with E-state index in [9.17, 15) is 0 Å². The van der Waals surface area contributed by atoms with Gasteiger partial charge in [-0.25, -0.2) is 0 Å². The van der Waals surface area contributed by atoms with Crippen LogP contribution < -0.4 is 4.90 Å². The third-order valence-electron chi connectivity index (χ3n) is 3.61. The lowest BCUT2D eigenvalue weighted by molar-refractivity contribution is 0.830. The van der Waals surface area contributed by atoms with Gasteiger partial charge in [-0.05, 0) is 42.5 Å². The van der Waals surface area contributed by atoms with Gasteiger partial charge in [-0.1, -0.05) is 12.1 Å². The Labute approximate surface area is 134 Å². The van der Waals surface area contributed by atoms with Crippen molar-refractivity contribution in [3.8, 4) is 0 Å². The van der Waals surface area contributed by atoms with Gasteiger partial charge in [0.25, 0.3) is 0 Å². The SMILES string of the molecule is Cc1cccc(N(C)c2nnc(C3SCCCS3)n2C)c1. The van der Waals surface area contributed by atoms with E-state index in [1.54, 1.807) is 0 Å². The first kappa shape index (κ1) is 14.8. The molecule has 0 aliphatic carbocycles. The van der Waals surface area contributed by atoms with Gasteiger partial charge in [0.1, 0.15) is 4.58 Å². The van der Waals surface area contributed by atoms with Crippen molar-refractivity contribution in [2.24, 2.45) is 7.05 Å². The van der Waals surface area contributed by atoms with Crippen LogP contribution in [0.25, 0.3) is 0 Å². The number of rotatable bonds is 3. The highest BCUT2D eigenvalue weighted by molar-refractivity contribution is 8.16. The van der Waals surface area contributed by atoms with Gasteiger partial charge in [-0.3, -0.25) is 4.57 Å². The molecule has 0 N–H and O–H groups in total. The van der Waals surface area contributed by atoms with Gasteiger partial charge in [0.2, 0.25) is 5.95 Å². The van der Waals surface area contributed by atoms with Crippen molar-refractivity contribution < 1.29 is 0 Å². The van der Waals surface area contributed by atoms with Crippen molar-refractivity contribution in [2.45, 2.75) is 17.9 Å². The molecule has 4 nitrogen and oxygen atoms in total. The fourth-order valence-electron chi connectivity index (χ4n) is 2.42. The van der Waals surface area contributed by atoms with E-state index in [4.69, 9.17) is 0 Å². The Morgan fingerprint density at radius 1 is 1.24 bits per heavy atom. The highest BCUT2D eigenvalue weighted by Gasteiger charge is 2.24. The van der Waals surface area contributed by atoms with Gasteiger partial charge in [0.15, 0.2) is 5.82 Å². The number of aryl methyl sites for hydroxylation is 1. The summed E-state index contributed by atoms with van der Waals surface area (Å²) < 4.78 is 2.54. The molecule has 0 bridgehead atoms. The highest BCUT2D eigenvalue weighted by atomic mass is 32.2. The molecule has 21 heavy (non-hydrogen) atoms. The molecule has 1 fully saturated rings. The van der Waals surface area contributed by atoms with Gasteiger partial charge >= 0.3 is 0 Å². The minimum absolute atomic E-state index is 0.413. The molecule has 1 aliphatic heterocycles. The Kier molecular flexibility index (Phi) is 4.45. The van der Waals surface area contributed by atoms with Gasteiger partial charge in [-0.15, -0.1) is 33.7 Å². The molecule has 6 heteroatoms. The number of benzene rings is 1. The van der Waals surface area contributed by atoms with Crippen molar-refractivity contribution in [2.75, 3.05) is 23.5 Å². The number of aromatic nitrogens is 3. The van der Waals surface area contributed by atoms with Crippen molar-refractivity contribution in [3.05, 3.63) is 35.7 Å². The second kappa shape index (κ2) is 6.32. The number of thioether (sulfide) groups is 2. The molecule has 0 atom stereocenters. The molecule has 0 saturated carbocycles. The van der Waals surface area contributed by atoms with E-state index < -0.39 is 0 Å². The standard InChI is InChI=1S/C15H20N4S2/c1-11-6-4-7-12(10-11)18(2)15-17-16-13(19(15)3)14-20-8-5-9-21-14/h4,6-7,10,14H,5,8-9H2,1-3H3. The van der Waals surface area contributed by atoms with E-state index in [-0.39, 0.29) is 0 Å². The Hall–Kier alpha value is -1.14. The maximum atomic E-state index is 4.44. The topological polar surface area (TPSA) is 34.0 Å². The first-order chi connectivity index (χ1) is 10.2. The molecule has 2 aromatic rings. The zero-order valence-electron chi connectivity index (χ0n) is 12.6. The summed E-state index contributed by atoms with van der Waals surface area (Å²) in [5.74, 6) is 4.39. The van der Waals surface area contributed by atoms with Crippen LogP contribution in [0.1, 0.15) is 22.4 Å². The van der Waals surface area contributed by atoms with Gasteiger partial charge in [0.05, 0.1) is 0 Å². The average molecular weight is 320 g/mol. The summed E-state index contributed by atoms with van der Waals surface area (Å²) in [4.78, 5) is 2.10. The molecule has 0 amide bonds. The van der Waals surface area contributed by atoms with E-state index in [0.717, 1.165) is 17.5 Å². The van der Waals surface area contributed by atoms with Crippen molar-refractivity contribution in [3.63, 3.8) is 0 Å². The Balaban J connectivity index is 1.87. The third-order valence-corrected chi connectivity index (χ3v) is 6.50. The van der Waals surface area contributed by atoms with Crippen LogP contribution >= 0.6 is 23.5 Å². The number of hydrogen-bond acceptors (Lipinski definition) is 5. The summed E-state index contributed by atoms with van der Waals surface area (Å²) in [6, 6.07) is 8.45. The molecule has 112 valence electrons. The third kappa shape index (κ3) is 3.06. The van der Waals surface area contributed by atoms with E-state index in [1.165, 1.54) is 23.5 Å². The van der Waals surface area contributed by atoms with E-state index >= 15 is 0 Å². The maximum absolute atomic E-state index is 4.44. The van der Waals surface area contributed by atoms with Crippen LogP contribution in [0, 0.1) is 6.92 Å². The predicted octanol–water partition coefficient (Wildman–Crippen LogP) is 3.76.